The van der Waals surface area contributed by atoms with E-state index in [0.29, 0.717) is 12.5 Å². The van der Waals surface area contributed by atoms with E-state index in [4.69, 9.17) is 18.9 Å². The molecule has 2 atom stereocenters. The Morgan fingerprint density at radius 1 is 0.913 bits per heavy atom. The number of quaternary nitrogens is 1. The second kappa shape index (κ2) is 12.9. The summed E-state index contributed by atoms with van der Waals surface area (Å²) in [5, 5.41) is 0. The van der Waals surface area contributed by atoms with E-state index in [1.165, 1.54) is 55.1 Å². The maximum absolute atomic E-state index is 6.73. The van der Waals surface area contributed by atoms with Crippen LogP contribution in [0.3, 0.4) is 0 Å². The van der Waals surface area contributed by atoms with Crippen LogP contribution in [0, 0.1) is 0 Å². The third kappa shape index (κ3) is 6.11. The third-order valence-electron chi connectivity index (χ3n) is 9.57. The number of rotatable bonds is 7. The van der Waals surface area contributed by atoms with Gasteiger partial charge in [-0.2, -0.15) is 0 Å². The first-order valence-corrected chi connectivity index (χ1v) is 16.2. The van der Waals surface area contributed by atoms with Crippen LogP contribution in [0.2, 0.25) is 0 Å². The molecule has 0 saturated heterocycles. The number of halogens is 1. The maximum atomic E-state index is 6.73. The zero-order valence-corrected chi connectivity index (χ0v) is 29.3. The standard InChI is InChI=1S/C40H43NO4.BrH/c1-25(2)28-11-7-27(8-12-28)23-43-39-34-22-41-18-17-29-20-36-37(45-24-44-36)21-32(29)38(41)33(31(34)15-16-35(39)42-6)19-26-9-13-30(14-10-26)40(3,4)5;/h7-16,20-22,25,39H,17-19,23-24H2,1-6H3;1H. The molecular weight excluding hydrogens is 638 g/mol. The van der Waals surface area contributed by atoms with Crippen molar-refractivity contribution in [1.29, 1.82) is 0 Å². The number of nitrogens with one attached hydrogen (secondary N) is 1. The van der Waals surface area contributed by atoms with Crippen molar-refractivity contribution < 1.29 is 40.8 Å². The Morgan fingerprint density at radius 3 is 2.28 bits per heavy atom. The second-order valence-corrected chi connectivity index (χ2v) is 13.9. The van der Waals surface area contributed by atoms with Crippen LogP contribution in [0.15, 0.2) is 101 Å². The summed E-state index contributed by atoms with van der Waals surface area (Å²) < 4.78 is 24.3. The molecule has 5 nitrogen and oxygen atoms in total. The summed E-state index contributed by atoms with van der Waals surface area (Å²) in [6.45, 7) is 13.0. The largest absolute Gasteiger partial charge is 1.00 e. The van der Waals surface area contributed by atoms with Gasteiger partial charge >= 0.3 is 0 Å². The molecule has 3 aliphatic heterocycles. The molecular formula is C40H44BrNO4. The van der Waals surface area contributed by atoms with Crippen LogP contribution in [0.25, 0.3) is 5.70 Å². The molecule has 2 unspecified atom stereocenters. The molecule has 0 saturated carbocycles. The van der Waals surface area contributed by atoms with Gasteiger partial charge in [0, 0.05) is 29.6 Å². The second-order valence-electron chi connectivity index (χ2n) is 13.9. The van der Waals surface area contributed by atoms with E-state index in [1.807, 2.05) is 0 Å². The van der Waals surface area contributed by atoms with E-state index in [2.05, 4.69) is 114 Å². The van der Waals surface area contributed by atoms with E-state index >= 15 is 0 Å². The summed E-state index contributed by atoms with van der Waals surface area (Å²) in [6, 6.07) is 22.3. The monoisotopic (exact) mass is 681 g/mol. The summed E-state index contributed by atoms with van der Waals surface area (Å²) in [4.78, 5) is 1.35. The van der Waals surface area contributed by atoms with E-state index in [0.717, 1.165) is 42.2 Å². The highest BCUT2D eigenvalue weighted by molar-refractivity contribution is 5.77. The van der Waals surface area contributed by atoms with E-state index in [-0.39, 0.29) is 35.3 Å². The highest BCUT2D eigenvalue weighted by atomic mass is 79.9. The van der Waals surface area contributed by atoms with E-state index in [9.17, 15) is 0 Å². The molecule has 1 N–H and O–H groups in total. The molecule has 6 heteroatoms. The lowest BCUT2D eigenvalue weighted by molar-refractivity contribution is -0.771. The minimum absolute atomic E-state index is 0. The van der Waals surface area contributed by atoms with E-state index < -0.39 is 0 Å². The fourth-order valence-corrected chi connectivity index (χ4v) is 6.92. The molecule has 0 aromatic heterocycles. The number of hydrogen-bond acceptors (Lipinski definition) is 4. The molecule has 1 aliphatic carbocycles. The van der Waals surface area contributed by atoms with Crippen LogP contribution < -0.4 is 31.4 Å². The Labute approximate surface area is 284 Å². The number of hydrogen-bond donors (Lipinski definition) is 1. The van der Waals surface area contributed by atoms with Crippen molar-refractivity contribution in [2.24, 2.45) is 0 Å². The molecule has 3 aromatic carbocycles. The van der Waals surface area contributed by atoms with Gasteiger partial charge in [-0.25, -0.2) is 0 Å². The number of benzene rings is 3. The first kappa shape index (κ1) is 32.4. The highest BCUT2D eigenvalue weighted by Gasteiger charge is 2.40. The molecule has 0 amide bonds. The Hall–Kier alpha value is -3.58. The summed E-state index contributed by atoms with van der Waals surface area (Å²) in [7, 11) is 1.74. The van der Waals surface area contributed by atoms with Crippen molar-refractivity contribution in [2.45, 2.75) is 71.5 Å². The van der Waals surface area contributed by atoms with Crippen LogP contribution in [0.1, 0.15) is 73.9 Å². The Balaban J connectivity index is 0.00000372. The average Bonchev–Trinajstić information content (AvgIpc) is 3.49. The maximum Gasteiger partial charge on any atom is 0.231 e. The molecule has 240 valence electrons. The number of allylic oxidation sites excluding steroid dienone is 3. The van der Waals surface area contributed by atoms with Gasteiger partial charge in [0.15, 0.2) is 11.5 Å². The summed E-state index contributed by atoms with van der Waals surface area (Å²) in [6.07, 6.45) is 8.19. The van der Waals surface area contributed by atoms with Crippen molar-refractivity contribution in [3.63, 3.8) is 0 Å². The van der Waals surface area contributed by atoms with Gasteiger partial charge in [0.2, 0.25) is 6.79 Å². The zero-order valence-electron chi connectivity index (χ0n) is 27.7. The minimum atomic E-state index is -0.287. The molecule has 0 bridgehead atoms. The summed E-state index contributed by atoms with van der Waals surface area (Å²) in [5.74, 6) is 3.02. The molecule has 0 fully saturated rings. The molecule has 3 aromatic rings. The van der Waals surface area contributed by atoms with Crippen molar-refractivity contribution in [2.75, 3.05) is 20.4 Å². The van der Waals surface area contributed by atoms with Gasteiger partial charge in [-0.3, -0.25) is 4.90 Å². The molecule has 3 heterocycles. The minimum Gasteiger partial charge on any atom is -1.00 e. The van der Waals surface area contributed by atoms with E-state index in [1.54, 1.807) is 7.11 Å². The third-order valence-corrected chi connectivity index (χ3v) is 9.57. The Kier molecular flexibility index (Phi) is 9.08. The summed E-state index contributed by atoms with van der Waals surface area (Å²) >= 11 is 0. The zero-order chi connectivity index (χ0) is 31.3. The highest BCUT2D eigenvalue weighted by Crippen LogP contribution is 2.43. The first-order chi connectivity index (χ1) is 21.7. The first-order valence-electron chi connectivity index (χ1n) is 16.2. The fraction of sp³-hybridized carbons (Fsp3) is 0.350. The molecule has 4 aliphatic rings. The van der Waals surface area contributed by atoms with Crippen LogP contribution in [0.4, 0.5) is 0 Å². The van der Waals surface area contributed by atoms with Gasteiger partial charge in [-0.15, -0.1) is 0 Å². The summed E-state index contributed by atoms with van der Waals surface area (Å²) in [5.41, 5.74) is 12.9. The lowest BCUT2D eigenvalue weighted by Gasteiger charge is -2.36. The average molecular weight is 683 g/mol. The number of methoxy groups -OCH3 is 1. The topological polar surface area (TPSA) is 41.4 Å². The molecule has 0 radical (unpaired) electrons. The van der Waals surface area contributed by atoms with Crippen LogP contribution in [-0.2, 0) is 34.3 Å². The van der Waals surface area contributed by atoms with Crippen molar-refractivity contribution in [3.05, 3.63) is 135 Å². The van der Waals surface area contributed by atoms with Crippen LogP contribution in [-0.4, -0.2) is 26.6 Å². The van der Waals surface area contributed by atoms with Gasteiger partial charge in [-0.1, -0.05) is 89.2 Å². The predicted molar refractivity (Wildman–Crippen MR) is 178 cm³/mol. The normalized spacial score (nSPS) is 19.8. The van der Waals surface area contributed by atoms with Gasteiger partial charge in [0.25, 0.3) is 0 Å². The molecule has 7 rings (SSSR count). The van der Waals surface area contributed by atoms with Gasteiger partial charge in [0.1, 0.15) is 23.8 Å². The lowest BCUT2D eigenvalue weighted by Crippen LogP contribution is -3.06. The Morgan fingerprint density at radius 2 is 1.61 bits per heavy atom. The Bertz CT molecular complexity index is 1740. The SMILES string of the molecule is COC1=CC=C2C(=C[NH+]3CCc4cc5c(cc4C3=C2Cc2ccc(C(C)(C)C)cc2)OCO5)C1OCc1ccc(C(C)C)cc1.[Br-]. The number of fused-ring (bicyclic) bond motifs is 5. The van der Waals surface area contributed by atoms with Crippen molar-refractivity contribution in [3.8, 4) is 11.5 Å². The quantitative estimate of drug-likeness (QED) is 0.406. The molecule has 0 spiro atoms. The van der Waals surface area contributed by atoms with Gasteiger partial charge < -0.3 is 35.9 Å². The van der Waals surface area contributed by atoms with Gasteiger partial charge in [0.05, 0.1) is 20.3 Å². The van der Waals surface area contributed by atoms with Crippen LogP contribution in [0.5, 0.6) is 11.5 Å². The molecule has 46 heavy (non-hydrogen) atoms. The number of ether oxygens (including phenoxy) is 4. The fourth-order valence-electron chi connectivity index (χ4n) is 6.92. The van der Waals surface area contributed by atoms with Gasteiger partial charge in [-0.05, 0) is 62.9 Å². The van der Waals surface area contributed by atoms with Crippen molar-refractivity contribution >= 4 is 5.70 Å². The van der Waals surface area contributed by atoms with Crippen molar-refractivity contribution in [1.82, 2.24) is 0 Å². The predicted octanol–water partition coefficient (Wildman–Crippen LogP) is 4.19. The lowest BCUT2D eigenvalue weighted by atomic mass is 9.79. The van der Waals surface area contributed by atoms with Crippen LogP contribution >= 0.6 is 0 Å². The smallest absolute Gasteiger partial charge is 0.231 e.